The molecule has 0 saturated carbocycles. The summed E-state index contributed by atoms with van der Waals surface area (Å²) in [6.07, 6.45) is 1.85. The van der Waals surface area contributed by atoms with Crippen molar-refractivity contribution in [3.05, 3.63) is 58.2 Å². The lowest BCUT2D eigenvalue weighted by molar-refractivity contribution is 0.266. The lowest BCUT2D eigenvalue weighted by Gasteiger charge is -2.11. The number of benzene rings is 1. The third kappa shape index (κ3) is 3.94. The van der Waals surface area contributed by atoms with Gasteiger partial charge in [-0.3, -0.25) is 0 Å². The minimum Gasteiger partial charge on any atom is -0.383 e. The van der Waals surface area contributed by atoms with Gasteiger partial charge in [-0.1, -0.05) is 29.8 Å². The van der Waals surface area contributed by atoms with Crippen LogP contribution in [0.3, 0.4) is 0 Å². The molecule has 0 bridgehead atoms. The standard InChI is InChI=1S/C16H20O3S/c1-5-6-15(17)16(11-12(2)3)20(18,19)14-9-7-13(4)8-10-14/h5-10,15,17H,1-4H3/b6-5+. The van der Waals surface area contributed by atoms with Crippen LogP contribution in [0.25, 0.3) is 0 Å². The zero-order chi connectivity index (χ0) is 15.3. The van der Waals surface area contributed by atoms with Crippen LogP contribution < -0.4 is 0 Å². The van der Waals surface area contributed by atoms with Crippen LogP contribution in [0.15, 0.2) is 57.5 Å². The zero-order valence-corrected chi connectivity index (χ0v) is 13.0. The Kier molecular flexibility index (Phi) is 5.52. The van der Waals surface area contributed by atoms with Crippen LogP contribution in [0.2, 0.25) is 0 Å². The molecule has 1 atom stereocenters. The molecule has 1 N–H and O–H groups in total. The van der Waals surface area contributed by atoms with Gasteiger partial charge in [0, 0.05) is 0 Å². The highest BCUT2D eigenvalue weighted by molar-refractivity contribution is 7.95. The number of hydrogen-bond donors (Lipinski definition) is 1. The van der Waals surface area contributed by atoms with Gasteiger partial charge in [0.15, 0.2) is 0 Å². The molecule has 0 saturated heterocycles. The fourth-order valence-corrected chi connectivity index (χ4v) is 3.14. The number of aryl methyl sites for hydroxylation is 1. The van der Waals surface area contributed by atoms with Crippen molar-refractivity contribution >= 4 is 9.84 Å². The van der Waals surface area contributed by atoms with Crippen LogP contribution in [0.5, 0.6) is 0 Å². The number of hydrogen-bond acceptors (Lipinski definition) is 3. The van der Waals surface area contributed by atoms with E-state index in [1.807, 2.05) is 6.92 Å². The number of allylic oxidation sites excluding steroid dienone is 1. The van der Waals surface area contributed by atoms with Crippen LogP contribution >= 0.6 is 0 Å². The highest BCUT2D eigenvalue weighted by Crippen LogP contribution is 2.22. The maximum absolute atomic E-state index is 12.6. The summed E-state index contributed by atoms with van der Waals surface area (Å²) in [7, 11) is -3.75. The molecule has 1 unspecified atom stereocenters. The fraction of sp³-hybridized carbons (Fsp3) is 0.312. The van der Waals surface area contributed by atoms with Crippen LogP contribution in [0.1, 0.15) is 26.3 Å². The van der Waals surface area contributed by atoms with E-state index in [1.54, 1.807) is 51.1 Å². The maximum Gasteiger partial charge on any atom is 0.212 e. The van der Waals surface area contributed by atoms with Crippen molar-refractivity contribution in [2.75, 3.05) is 0 Å². The first kappa shape index (κ1) is 16.4. The van der Waals surface area contributed by atoms with Gasteiger partial charge in [-0.15, -0.1) is 5.73 Å². The van der Waals surface area contributed by atoms with E-state index in [1.165, 1.54) is 6.08 Å². The molecule has 0 heterocycles. The minimum atomic E-state index is -3.75. The van der Waals surface area contributed by atoms with Gasteiger partial charge in [0.05, 0.1) is 4.90 Å². The van der Waals surface area contributed by atoms with Crippen molar-refractivity contribution in [3.63, 3.8) is 0 Å². The quantitative estimate of drug-likeness (QED) is 0.685. The first-order chi connectivity index (χ1) is 9.28. The molecule has 3 nitrogen and oxygen atoms in total. The Morgan fingerprint density at radius 2 is 1.80 bits per heavy atom. The molecule has 0 aromatic heterocycles. The third-order valence-corrected chi connectivity index (χ3v) is 4.45. The first-order valence-electron chi connectivity index (χ1n) is 6.35. The predicted molar refractivity (Wildman–Crippen MR) is 81.1 cm³/mol. The van der Waals surface area contributed by atoms with Crippen molar-refractivity contribution in [3.8, 4) is 0 Å². The Morgan fingerprint density at radius 3 is 2.25 bits per heavy atom. The van der Waals surface area contributed by atoms with Crippen LogP contribution in [-0.4, -0.2) is 19.6 Å². The van der Waals surface area contributed by atoms with Crippen molar-refractivity contribution < 1.29 is 13.5 Å². The first-order valence-corrected chi connectivity index (χ1v) is 7.84. The Hall–Kier alpha value is -1.61. The summed E-state index contributed by atoms with van der Waals surface area (Å²) in [5.74, 6) is 0. The molecule has 0 fully saturated rings. The molecule has 0 aliphatic heterocycles. The summed E-state index contributed by atoms with van der Waals surface area (Å²) in [4.78, 5) is 0.0369. The predicted octanol–water partition coefficient (Wildman–Crippen LogP) is 3.15. The van der Waals surface area contributed by atoms with Gasteiger partial charge in [-0.05, 0) is 45.4 Å². The minimum absolute atomic E-state index is 0.126. The molecule has 0 radical (unpaired) electrons. The summed E-state index contributed by atoms with van der Waals surface area (Å²) < 4.78 is 25.2. The van der Waals surface area contributed by atoms with Gasteiger partial charge >= 0.3 is 0 Å². The summed E-state index contributed by atoms with van der Waals surface area (Å²) in [6, 6.07) is 6.55. The second-order valence-electron chi connectivity index (χ2n) is 4.78. The number of sulfone groups is 1. The SMILES string of the molecule is C/C=C/C(O)C(=C=C(C)C)S(=O)(=O)c1ccc(C)cc1. The number of aliphatic hydroxyl groups is 1. The van der Waals surface area contributed by atoms with E-state index in [9.17, 15) is 13.5 Å². The molecular formula is C16H20O3S. The molecule has 0 aliphatic carbocycles. The summed E-state index contributed by atoms with van der Waals surface area (Å²) in [6.45, 7) is 7.10. The highest BCUT2D eigenvalue weighted by Gasteiger charge is 2.25. The zero-order valence-electron chi connectivity index (χ0n) is 12.2. The molecule has 0 aliphatic rings. The Morgan fingerprint density at radius 1 is 1.25 bits per heavy atom. The van der Waals surface area contributed by atoms with Crippen LogP contribution in [0.4, 0.5) is 0 Å². The number of aliphatic hydroxyl groups excluding tert-OH is 1. The average molecular weight is 292 g/mol. The van der Waals surface area contributed by atoms with E-state index < -0.39 is 15.9 Å². The smallest absolute Gasteiger partial charge is 0.212 e. The maximum atomic E-state index is 12.6. The van der Waals surface area contributed by atoms with Gasteiger partial charge in [0.2, 0.25) is 9.84 Å². The summed E-state index contributed by atoms with van der Waals surface area (Å²) in [5, 5.41) is 10.0. The highest BCUT2D eigenvalue weighted by atomic mass is 32.2. The van der Waals surface area contributed by atoms with Gasteiger partial charge < -0.3 is 5.11 Å². The Labute approximate surface area is 120 Å². The van der Waals surface area contributed by atoms with Crippen molar-refractivity contribution in [2.24, 2.45) is 0 Å². The van der Waals surface area contributed by atoms with Gasteiger partial charge in [-0.2, -0.15) is 0 Å². The molecule has 0 spiro atoms. The topological polar surface area (TPSA) is 54.4 Å². The molecule has 1 rings (SSSR count). The van der Waals surface area contributed by atoms with E-state index in [4.69, 9.17) is 0 Å². The van der Waals surface area contributed by atoms with Gasteiger partial charge in [0.1, 0.15) is 11.0 Å². The van der Waals surface area contributed by atoms with E-state index in [0.717, 1.165) is 5.56 Å². The molecule has 1 aromatic rings. The molecule has 1 aromatic carbocycles. The second-order valence-corrected chi connectivity index (χ2v) is 6.69. The lowest BCUT2D eigenvalue weighted by atomic mass is 10.2. The van der Waals surface area contributed by atoms with E-state index >= 15 is 0 Å². The van der Waals surface area contributed by atoms with Crippen molar-refractivity contribution in [1.82, 2.24) is 0 Å². The largest absolute Gasteiger partial charge is 0.383 e. The van der Waals surface area contributed by atoms with E-state index in [-0.39, 0.29) is 9.80 Å². The van der Waals surface area contributed by atoms with Gasteiger partial charge in [0.25, 0.3) is 0 Å². The van der Waals surface area contributed by atoms with Crippen LogP contribution in [-0.2, 0) is 9.84 Å². The van der Waals surface area contributed by atoms with Gasteiger partial charge in [-0.25, -0.2) is 8.42 Å². The fourth-order valence-electron chi connectivity index (χ4n) is 1.66. The third-order valence-electron chi connectivity index (χ3n) is 2.64. The van der Waals surface area contributed by atoms with E-state index in [2.05, 4.69) is 5.73 Å². The Balaban J connectivity index is 3.48. The summed E-state index contributed by atoms with van der Waals surface area (Å²) >= 11 is 0. The lowest BCUT2D eigenvalue weighted by Crippen LogP contribution is -2.16. The molecule has 20 heavy (non-hydrogen) atoms. The average Bonchev–Trinajstić information content (AvgIpc) is 2.36. The summed E-state index contributed by atoms with van der Waals surface area (Å²) in [5.41, 5.74) is 4.43. The van der Waals surface area contributed by atoms with Crippen molar-refractivity contribution in [1.29, 1.82) is 0 Å². The molecule has 108 valence electrons. The second kappa shape index (κ2) is 6.71. The van der Waals surface area contributed by atoms with Crippen molar-refractivity contribution in [2.45, 2.75) is 38.7 Å². The van der Waals surface area contributed by atoms with E-state index in [0.29, 0.717) is 5.57 Å². The molecule has 4 heteroatoms. The normalized spacial score (nSPS) is 13.1. The molecular weight excluding hydrogens is 272 g/mol. The monoisotopic (exact) mass is 292 g/mol. The number of rotatable bonds is 4. The Bertz CT molecular complexity index is 654. The molecule has 0 amide bonds. The van der Waals surface area contributed by atoms with Crippen LogP contribution in [0, 0.1) is 6.92 Å².